The van der Waals surface area contributed by atoms with Crippen LogP contribution in [0.2, 0.25) is 0 Å². The Morgan fingerprint density at radius 3 is 2.41 bits per heavy atom. The molecular weight excluding hydrogens is 499 g/mol. The quantitative estimate of drug-likeness (QED) is 0.186. The Labute approximate surface area is 234 Å². The van der Waals surface area contributed by atoms with E-state index in [0.717, 1.165) is 49.3 Å². The van der Waals surface area contributed by atoms with Gasteiger partial charge in [0.25, 0.3) is 0 Å². The predicted molar refractivity (Wildman–Crippen MR) is 159 cm³/mol. The second-order valence-electron chi connectivity index (χ2n) is 10.8. The highest BCUT2D eigenvalue weighted by Crippen LogP contribution is 2.31. The molecule has 0 amide bonds. The van der Waals surface area contributed by atoms with Crippen LogP contribution in [0.1, 0.15) is 49.4 Å². The van der Waals surface area contributed by atoms with E-state index in [-0.39, 0.29) is 0 Å². The summed E-state index contributed by atoms with van der Waals surface area (Å²) in [5.74, 6) is -0.437. The molecule has 0 radical (unpaired) electrons. The molecule has 1 aliphatic rings. The summed E-state index contributed by atoms with van der Waals surface area (Å²) in [4.78, 5) is 8.60. The van der Waals surface area contributed by atoms with Gasteiger partial charge in [-0.1, -0.05) is 66.2 Å². The van der Waals surface area contributed by atoms with Crippen molar-refractivity contribution >= 4 is 11.3 Å². The zero-order valence-electron chi connectivity index (χ0n) is 22.6. The van der Waals surface area contributed by atoms with Crippen molar-refractivity contribution in [1.29, 1.82) is 0 Å². The SMILES string of the molecule is Cc1ccc(CCc2ccc(C)c(CN3Cc4ccccc4C3)c2)c(Cc2ccc(-c3ccnc(F)c3)s2)c1. The van der Waals surface area contributed by atoms with Crippen molar-refractivity contribution in [3.8, 4) is 10.4 Å². The monoisotopic (exact) mass is 532 g/mol. The summed E-state index contributed by atoms with van der Waals surface area (Å²) in [5.41, 5.74) is 12.1. The molecule has 2 aromatic heterocycles. The molecule has 39 heavy (non-hydrogen) atoms. The zero-order valence-corrected chi connectivity index (χ0v) is 23.4. The molecule has 2 nitrogen and oxygen atoms in total. The minimum atomic E-state index is -0.437. The number of aromatic nitrogens is 1. The number of hydrogen-bond donors (Lipinski definition) is 0. The molecule has 0 saturated carbocycles. The first kappa shape index (κ1) is 25.7. The Morgan fingerprint density at radius 2 is 1.62 bits per heavy atom. The molecule has 5 aromatic rings. The van der Waals surface area contributed by atoms with Gasteiger partial charge < -0.3 is 0 Å². The molecule has 0 unspecified atom stereocenters. The van der Waals surface area contributed by atoms with Crippen molar-refractivity contribution in [3.05, 3.63) is 146 Å². The van der Waals surface area contributed by atoms with Gasteiger partial charge in [-0.2, -0.15) is 4.39 Å². The first-order chi connectivity index (χ1) is 19.0. The molecule has 0 spiro atoms. The highest BCUT2D eigenvalue weighted by atomic mass is 32.1. The molecule has 0 saturated heterocycles. The Kier molecular flexibility index (Phi) is 7.40. The van der Waals surface area contributed by atoms with Crippen LogP contribution in [-0.4, -0.2) is 9.88 Å². The van der Waals surface area contributed by atoms with E-state index in [4.69, 9.17) is 0 Å². The summed E-state index contributed by atoms with van der Waals surface area (Å²) >= 11 is 1.73. The van der Waals surface area contributed by atoms with E-state index in [0.29, 0.717) is 0 Å². The lowest BCUT2D eigenvalue weighted by atomic mass is 9.94. The Morgan fingerprint density at radius 1 is 0.795 bits per heavy atom. The second kappa shape index (κ2) is 11.3. The van der Waals surface area contributed by atoms with Gasteiger partial charge in [0.2, 0.25) is 5.95 Å². The molecule has 0 aliphatic carbocycles. The van der Waals surface area contributed by atoms with Gasteiger partial charge in [0.05, 0.1) is 0 Å². The number of benzene rings is 3. The number of nitrogens with zero attached hydrogens (tertiary/aromatic N) is 2. The third-order valence-corrected chi connectivity index (χ3v) is 8.93. The van der Waals surface area contributed by atoms with E-state index < -0.39 is 5.95 Å². The molecule has 0 fully saturated rings. The molecule has 1 aliphatic heterocycles. The van der Waals surface area contributed by atoms with Crippen LogP contribution in [0.4, 0.5) is 4.39 Å². The van der Waals surface area contributed by atoms with Crippen molar-refractivity contribution in [1.82, 2.24) is 9.88 Å². The van der Waals surface area contributed by atoms with Crippen LogP contribution in [-0.2, 0) is 38.9 Å². The van der Waals surface area contributed by atoms with Crippen LogP contribution >= 0.6 is 11.3 Å². The summed E-state index contributed by atoms with van der Waals surface area (Å²) in [7, 11) is 0. The highest BCUT2D eigenvalue weighted by molar-refractivity contribution is 7.15. The summed E-state index contributed by atoms with van der Waals surface area (Å²) in [6, 6.07) is 30.3. The number of hydrogen-bond acceptors (Lipinski definition) is 3. The molecule has 0 N–H and O–H groups in total. The van der Waals surface area contributed by atoms with E-state index in [1.54, 1.807) is 11.3 Å². The van der Waals surface area contributed by atoms with Gasteiger partial charge in [-0.15, -0.1) is 11.3 Å². The lowest BCUT2D eigenvalue weighted by Gasteiger charge is -2.18. The first-order valence-corrected chi connectivity index (χ1v) is 14.5. The lowest BCUT2D eigenvalue weighted by Crippen LogP contribution is -2.16. The Bertz CT molecular complexity index is 1590. The van der Waals surface area contributed by atoms with Gasteiger partial charge in [0, 0.05) is 48.1 Å². The second-order valence-corrected chi connectivity index (χ2v) is 11.9. The number of rotatable bonds is 8. The average Bonchev–Trinajstić information content (AvgIpc) is 3.56. The van der Waals surface area contributed by atoms with Gasteiger partial charge in [-0.05, 0) is 89.4 Å². The third kappa shape index (κ3) is 6.03. The third-order valence-electron chi connectivity index (χ3n) is 7.80. The summed E-state index contributed by atoms with van der Waals surface area (Å²) < 4.78 is 13.6. The smallest absolute Gasteiger partial charge is 0.213 e. The van der Waals surface area contributed by atoms with Crippen molar-refractivity contribution in [2.24, 2.45) is 0 Å². The van der Waals surface area contributed by atoms with E-state index in [1.165, 1.54) is 61.6 Å². The van der Waals surface area contributed by atoms with Crippen molar-refractivity contribution < 1.29 is 4.39 Å². The Balaban J connectivity index is 1.15. The maximum absolute atomic E-state index is 13.6. The maximum Gasteiger partial charge on any atom is 0.213 e. The lowest BCUT2D eigenvalue weighted by molar-refractivity contribution is 0.275. The van der Waals surface area contributed by atoms with Gasteiger partial charge in [-0.3, -0.25) is 4.90 Å². The largest absolute Gasteiger partial charge is 0.291 e. The van der Waals surface area contributed by atoms with Gasteiger partial charge in [0.1, 0.15) is 0 Å². The zero-order chi connectivity index (χ0) is 26.8. The van der Waals surface area contributed by atoms with Crippen molar-refractivity contribution in [3.63, 3.8) is 0 Å². The molecular formula is C35H33FN2S. The molecule has 0 atom stereocenters. The summed E-state index contributed by atoms with van der Waals surface area (Å²) in [6.45, 7) is 7.46. The van der Waals surface area contributed by atoms with Gasteiger partial charge in [-0.25, -0.2) is 4.98 Å². The Hall–Kier alpha value is -3.60. The summed E-state index contributed by atoms with van der Waals surface area (Å²) in [6.07, 6.45) is 4.46. The molecule has 0 bridgehead atoms. The topological polar surface area (TPSA) is 16.1 Å². The minimum absolute atomic E-state index is 0.437. The first-order valence-electron chi connectivity index (χ1n) is 13.7. The standard InChI is InChI=1S/C35H33FN2S/c1-24-7-11-27(31(17-24)19-33-13-14-34(39-33)28-15-16-37-35(36)20-28)12-10-26-9-8-25(2)32(18-26)23-38-21-29-5-3-4-6-30(29)22-38/h3-9,11,13-18,20H,10,12,19,21-23H2,1-2H3. The predicted octanol–water partition coefficient (Wildman–Crippen LogP) is 8.46. The highest BCUT2D eigenvalue weighted by Gasteiger charge is 2.19. The molecule has 3 aromatic carbocycles. The van der Waals surface area contributed by atoms with Crippen LogP contribution in [0.25, 0.3) is 10.4 Å². The summed E-state index contributed by atoms with van der Waals surface area (Å²) in [5, 5.41) is 0. The maximum atomic E-state index is 13.6. The van der Waals surface area contributed by atoms with Crippen molar-refractivity contribution in [2.45, 2.75) is 52.7 Å². The fourth-order valence-corrected chi connectivity index (χ4v) is 6.65. The van der Waals surface area contributed by atoms with E-state index in [2.05, 4.69) is 96.5 Å². The number of fused-ring (bicyclic) bond motifs is 1. The number of aryl methyl sites for hydroxylation is 4. The van der Waals surface area contributed by atoms with Gasteiger partial charge >= 0.3 is 0 Å². The van der Waals surface area contributed by atoms with E-state index in [1.807, 2.05) is 6.07 Å². The normalized spacial score (nSPS) is 13.1. The fraction of sp³-hybridized carbons (Fsp3) is 0.229. The number of halogens is 1. The molecule has 4 heteroatoms. The van der Waals surface area contributed by atoms with Crippen LogP contribution in [0, 0.1) is 19.8 Å². The van der Waals surface area contributed by atoms with Crippen LogP contribution in [0.3, 0.4) is 0 Å². The molecule has 196 valence electrons. The van der Waals surface area contributed by atoms with E-state index in [9.17, 15) is 4.39 Å². The van der Waals surface area contributed by atoms with Crippen LogP contribution < -0.4 is 0 Å². The van der Waals surface area contributed by atoms with Crippen molar-refractivity contribution in [2.75, 3.05) is 0 Å². The number of pyridine rings is 1. The van der Waals surface area contributed by atoms with E-state index >= 15 is 0 Å². The minimum Gasteiger partial charge on any atom is -0.291 e. The molecule has 6 rings (SSSR count). The fourth-order valence-electron chi connectivity index (χ4n) is 5.62. The van der Waals surface area contributed by atoms with Crippen LogP contribution in [0.15, 0.2) is 91.1 Å². The number of thiophene rings is 1. The molecule has 3 heterocycles. The van der Waals surface area contributed by atoms with Crippen LogP contribution in [0.5, 0.6) is 0 Å². The van der Waals surface area contributed by atoms with Gasteiger partial charge in [0.15, 0.2) is 0 Å². The average molecular weight is 533 g/mol.